The van der Waals surface area contributed by atoms with E-state index in [0.717, 1.165) is 13.1 Å². The van der Waals surface area contributed by atoms with E-state index in [2.05, 4.69) is 62.4 Å². The van der Waals surface area contributed by atoms with Crippen molar-refractivity contribution in [1.82, 2.24) is 15.1 Å². The largest absolute Gasteiger partial charge is 0.308 e. The summed E-state index contributed by atoms with van der Waals surface area (Å²) in [6.45, 7) is 10.4. The van der Waals surface area contributed by atoms with Crippen molar-refractivity contribution in [2.24, 2.45) is 0 Å². The molecule has 0 radical (unpaired) electrons. The van der Waals surface area contributed by atoms with Crippen molar-refractivity contribution in [2.75, 3.05) is 0 Å². The van der Waals surface area contributed by atoms with Crippen LogP contribution in [0.1, 0.15) is 37.6 Å². The molecule has 1 aromatic carbocycles. The average molecular weight is 257 g/mol. The predicted molar refractivity (Wildman–Crippen MR) is 79.1 cm³/mol. The fourth-order valence-corrected chi connectivity index (χ4v) is 1.87. The van der Waals surface area contributed by atoms with Crippen molar-refractivity contribution in [3.8, 4) is 0 Å². The molecule has 1 N–H and O–H groups in total. The summed E-state index contributed by atoms with van der Waals surface area (Å²) in [5.74, 6) is 0. The van der Waals surface area contributed by atoms with Gasteiger partial charge in [0.2, 0.25) is 0 Å². The fourth-order valence-electron chi connectivity index (χ4n) is 1.87. The first-order chi connectivity index (χ1) is 8.94. The summed E-state index contributed by atoms with van der Waals surface area (Å²) >= 11 is 0. The second-order valence-electron chi connectivity index (χ2n) is 6.05. The molecular formula is C16H23N3. The molecule has 3 heteroatoms. The van der Waals surface area contributed by atoms with Crippen molar-refractivity contribution in [2.45, 2.75) is 46.3 Å². The standard InChI is InChI=1S/C16H23N3/c1-13-9-10-18-19(13)12-15-7-5-14(6-8-15)11-17-16(2,3)4/h5-10,17H,11-12H2,1-4H3. The Morgan fingerprint density at radius 2 is 1.68 bits per heavy atom. The molecule has 2 aromatic rings. The molecule has 0 spiro atoms. The smallest absolute Gasteiger partial charge is 0.0662 e. The molecule has 0 atom stereocenters. The summed E-state index contributed by atoms with van der Waals surface area (Å²) in [6.07, 6.45) is 1.84. The third kappa shape index (κ3) is 4.21. The van der Waals surface area contributed by atoms with E-state index in [-0.39, 0.29) is 5.54 Å². The van der Waals surface area contributed by atoms with Crippen LogP contribution in [0.2, 0.25) is 0 Å². The first-order valence-corrected chi connectivity index (χ1v) is 6.75. The van der Waals surface area contributed by atoms with Gasteiger partial charge in [-0.2, -0.15) is 5.10 Å². The number of nitrogens with one attached hydrogen (secondary N) is 1. The monoisotopic (exact) mass is 257 g/mol. The highest BCUT2D eigenvalue weighted by molar-refractivity contribution is 5.23. The van der Waals surface area contributed by atoms with Gasteiger partial charge in [-0.3, -0.25) is 4.68 Å². The van der Waals surface area contributed by atoms with Crippen LogP contribution in [0.3, 0.4) is 0 Å². The Labute approximate surface area is 115 Å². The van der Waals surface area contributed by atoms with E-state index in [1.807, 2.05) is 16.9 Å². The van der Waals surface area contributed by atoms with Crippen LogP contribution in [0.4, 0.5) is 0 Å². The SMILES string of the molecule is Cc1ccnn1Cc1ccc(CNC(C)(C)C)cc1. The summed E-state index contributed by atoms with van der Waals surface area (Å²) in [4.78, 5) is 0. The molecule has 0 bridgehead atoms. The lowest BCUT2D eigenvalue weighted by Gasteiger charge is -2.20. The number of benzene rings is 1. The summed E-state index contributed by atoms with van der Waals surface area (Å²) in [7, 11) is 0. The first-order valence-electron chi connectivity index (χ1n) is 6.75. The van der Waals surface area contributed by atoms with Crippen LogP contribution in [-0.2, 0) is 13.1 Å². The molecule has 2 rings (SSSR count). The van der Waals surface area contributed by atoms with Gasteiger partial charge in [0.25, 0.3) is 0 Å². The average Bonchev–Trinajstić information content (AvgIpc) is 2.73. The van der Waals surface area contributed by atoms with E-state index in [1.54, 1.807) is 0 Å². The lowest BCUT2D eigenvalue weighted by atomic mass is 10.1. The Kier molecular flexibility index (Phi) is 4.05. The van der Waals surface area contributed by atoms with Gasteiger partial charge in [-0.1, -0.05) is 24.3 Å². The van der Waals surface area contributed by atoms with Crippen LogP contribution in [0.25, 0.3) is 0 Å². The van der Waals surface area contributed by atoms with Crippen LogP contribution >= 0.6 is 0 Å². The van der Waals surface area contributed by atoms with Crippen molar-refractivity contribution in [3.63, 3.8) is 0 Å². The third-order valence-electron chi connectivity index (χ3n) is 3.11. The van der Waals surface area contributed by atoms with Gasteiger partial charge in [0.1, 0.15) is 0 Å². The maximum absolute atomic E-state index is 4.31. The number of nitrogens with zero attached hydrogens (tertiary/aromatic N) is 2. The Bertz CT molecular complexity index is 518. The number of rotatable bonds is 4. The van der Waals surface area contributed by atoms with E-state index >= 15 is 0 Å². The van der Waals surface area contributed by atoms with E-state index in [0.29, 0.717) is 0 Å². The van der Waals surface area contributed by atoms with E-state index in [1.165, 1.54) is 16.8 Å². The molecule has 19 heavy (non-hydrogen) atoms. The predicted octanol–water partition coefficient (Wildman–Crippen LogP) is 3.13. The molecule has 1 heterocycles. The lowest BCUT2D eigenvalue weighted by molar-refractivity contribution is 0.424. The molecule has 0 aliphatic rings. The minimum absolute atomic E-state index is 0.158. The normalized spacial score (nSPS) is 11.8. The summed E-state index contributed by atoms with van der Waals surface area (Å²) in [5, 5.41) is 7.80. The third-order valence-corrected chi connectivity index (χ3v) is 3.11. The van der Waals surface area contributed by atoms with Gasteiger partial charge in [0, 0.05) is 24.0 Å². The van der Waals surface area contributed by atoms with E-state index in [9.17, 15) is 0 Å². The second kappa shape index (κ2) is 5.57. The second-order valence-corrected chi connectivity index (χ2v) is 6.05. The first kappa shape index (κ1) is 13.8. The van der Waals surface area contributed by atoms with Crippen LogP contribution in [-0.4, -0.2) is 15.3 Å². The molecule has 3 nitrogen and oxygen atoms in total. The highest BCUT2D eigenvalue weighted by Gasteiger charge is 2.08. The van der Waals surface area contributed by atoms with Crippen molar-refractivity contribution in [1.29, 1.82) is 0 Å². The van der Waals surface area contributed by atoms with Gasteiger partial charge in [-0.25, -0.2) is 0 Å². The van der Waals surface area contributed by atoms with Crippen LogP contribution in [0.5, 0.6) is 0 Å². The molecular weight excluding hydrogens is 234 g/mol. The maximum atomic E-state index is 4.31. The van der Waals surface area contributed by atoms with Gasteiger partial charge < -0.3 is 5.32 Å². The Morgan fingerprint density at radius 3 is 2.21 bits per heavy atom. The maximum Gasteiger partial charge on any atom is 0.0662 e. The summed E-state index contributed by atoms with van der Waals surface area (Å²) < 4.78 is 2.02. The Balaban J connectivity index is 1.97. The molecule has 0 saturated carbocycles. The quantitative estimate of drug-likeness (QED) is 0.912. The Morgan fingerprint density at radius 1 is 1.05 bits per heavy atom. The Hall–Kier alpha value is -1.61. The minimum atomic E-state index is 0.158. The summed E-state index contributed by atoms with van der Waals surface area (Å²) in [6, 6.07) is 10.8. The molecule has 102 valence electrons. The lowest BCUT2D eigenvalue weighted by Crippen LogP contribution is -2.35. The van der Waals surface area contributed by atoms with Gasteiger partial charge in [-0.05, 0) is 44.9 Å². The zero-order chi connectivity index (χ0) is 13.9. The number of aryl methyl sites for hydroxylation is 1. The van der Waals surface area contributed by atoms with Crippen molar-refractivity contribution < 1.29 is 0 Å². The zero-order valence-corrected chi connectivity index (χ0v) is 12.3. The molecule has 0 amide bonds. The number of hydrogen-bond donors (Lipinski definition) is 1. The molecule has 1 aromatic heterocycles. The van der Waals surface area contributed by atoms with Gasteiger partial charge in [0.05, 0.1) is 6.54 Å². The molecule has 0 aliphatic carbocycles. The highest BCUT2D eigenvalue weighted by atomic mass is 15.3. The fraction of sp³-hybridized carbons (Fsp3) is 0.438. The topological polar surface area (TPSA) is 29.9 Å². The van der Waals surface area contributed by atoms with Crippen molar-refractivity contribution in [3.05, 3.63) is 53.3 Å². The minimum Gasteiger partial charge on any atom is -0.308 e. The van der Waals surface area contributed by atoms with E-state index < -0.39 is 0 Å². The molecule has 0 unspecified atom stereocenters. The zero-order valence-electron chi connectivity index (χ0n) is 12.3. The van der Waals surface area contributed by atoms with Gasteiger partial charge in [0.15, 0.2) is 0 Å². The van der Waals surface area contributed by atoms with Crippen molar-refractivity contribution >= 4 is 0 Å². The molecule has 0 saturated heterocycles. The summed E-state index contributed by atoms with van der Waals surface area (Å²) in [5.41, 5.74) is 3.95. The van der Waals surface area contributed by atoms with Gasteiger partial charge >= 0.3 is 0 Å². The van der Waals surface area contributed by atoms with Crippen LogP contribution in [0, 0.1) is 6.92 Å². The number of aromatic nitrogens is 2. The molecule has 0 fully saturated rings. The van der Waals surface area contributed by atoms with Crippen LogP contribution < -0.4 is 5.32 Å². The highest BCUT2D eigenvalue weighted by Crippen LogP contribution is 2.09. The molecule has 0 aliphatic heterocycles. The van der Waals surface area contributed by atoms with E-state index in [4.69, 9.17) is 0 Å². The van der Waals surface area contributed by atoms with Crippen LogP contribution in [0.15, 0.2) is 36.5 Å². The van der Waals surface area contributed by atoms with Gasteiger partial charge in [-0.15, -0.1) is 0 Å². The number of hydrogen-bond acceptors (Lipinski definition) is 2.